The molecular formula is C9H13NO3S2. The van der Waals surface area contributed by atoms with Gasteiger partial charge in [-0.25, -0.2) is 9.78 Å². The van der Waals surface area contributed by atoms with Gasteiger partial charge in [0.2, 0.25) is 5.01 Å². The van der Waals surface area contributed by atoms with Crippen molar-refractivity contribution in [2.24, 2.45) is 5.92 Å². The van der Waals surface area contributed by atoms with E-state index in [0.717, 1.165) is 11.3 Å². The van der Waals surface area contributed by atoms with Crippen molar-refractivity contribution in [1.82, 2.24) is 4.98 Å². The topological polar surface area (TPSA) is 67.3 Å². The lowest BCUT2D eigenvalue weighted by Crippen LogP contribution is -2.07. The summed E-state index contributed by atoms with van der Waals surface area (Å²) >= 11 is 1.07. The first-order chi connectivity index (χ1) is 6.99. The van der Waals surface area contributed by atoms with E-state index in [1.165, 1.54) is 0 Å². The third-order valence-corrected chi connectivity index (χ3v) is 4.10. The maximum Gasteiger partial charge on any atom is 0.365 e. The van der Waals surface area contributed by atoms with E-state index in [1.54, 1.807) is 5.38 Å². The van der Waals surface area contributed by atoms with Crippen molar-refractivity contribution in [1.29, 1.82) is 0 Å². The van der Waals surface area contributed by atoms with Crippen molar-refractivity contribution in [3.8, 4) is 0 Å². The van der Waals surface area contributed by atoms with Gasteiger partial charge in [0.15, 0.2) is 0 Å². The molecule has 0 saturated heterocycles. The highest BCUT2D eigenvalue weighted by Crippen LogP contribution is 2.12. The van der Waals surface area contributed by atoms with Crippen LogP contribution >= 0.6 is 11.3 Å². The fourth-order valence-electron chi connectivity index (χ4n) is 1.07. The zero-order valence-electron chi connectivity index (χ0n) is 8.60. The predicted octanol–water partition coefficient (Wildman–Crippen LogP) is 1.75. The lowest BCUT2D eigenvalue weighted by atomic mass is 10.3. The molecule has 1 aromatic rings. The fourth-order valence-corrected chi connectivity index (χ4v) is 3.17. The molecule has 0 saturated carbocycles. The van der Waals surface area contributed by atoms with E-state index in [4.69, 9.17) is 5.11 Å². The number of carboxylic acid groups (broad SMARTS) is 1. The molecule has 0 amide bonds. The number of hydrogen-bond donors (Lipinski definition) is 1. The molecule has 0 radical (unpaired) electrons. The molecule has 84 valence electrons. The summed E-state index contributed by atoms with van der Waals surface area (Å²) in [6, 6.07) is 0. The van der Waals surface area contributed by atoms with Crippen molar-refractivity contribution in [3.05, 3.63) is 16.1 Å². The molecule has 15 heavy (non-hydrogen) atoms. The Balaban J connectivity index is 2.57. The van der Waals surface area contributed by atoms with Gasteiger partial charge in [-0.2, -0.15) is 0 Å². The van der Waals surface area contributed by atoms with Crippen LogP contribution in [0.25, 0.3) is 0 Å². The molecule has 1 atom stereocenters. The van der Waals surface area contributed by atoms with E-state index >= 15 is 0 Å². The highest BCUT2D eigenvalue weighted by Gasteiger charge is 2.11. The predicted molar refractivity (Wildman–Crippen MR) is 60.6 cm³/mol. The molecule has 0 spiro atoms. The van der Waals surface area contributed by atoms with Gasteiger partial charge in [0, 0.05) is 21.9 Å². The van der Waals surface area contributed by atoms with Gasteiger partial charge in [0.1, 0.15) is 0 Å². The van der Waals surface area contributed by atoms with Crippen LogP contribution in [0.1, 0.15) is 29.3 Å². The van der Waals surface area contributed by atoms with E-state index < -0.39 is 16.8 Å². The molecular weight excluding hydrogens is 234 g/mol. The number of aromatic nitrogens is 1. The largest absolute Gasteiger partial charge is 0.476 e. The Bertz CT molecular complexity index is 373. The van der Waals surface area contributed by atoms with Crippen molar-refractivity contribution in [2.75, 3.05) is 5.75 Å². The first-order valence-electron chi connectivity index (χ1n) is 4.51. The lowest BCUT2D eigenvalue weighted by molar-refractivity contribution is 0.0696. The van der Waals surface area contributed by atoms with Crippen LogP contribution < -0.4 is 0 Å². The Morgan fingerprint density at radius 3 is 2.80 bits per heavy atom. The molecule has 4 nitrogen and oxygen atoms in total. The number of carboxylic acids is 1. The van der Waals surface area contributed by atoms with E-state index in [2.05, 4.69) is 4.98 Å². The second kappa shape index (κ2) is 5.37. The Labute approximate surface area is 94.8 Å². The molecule has 1 aromatic heterocycles. The van der Waals surface area contributed by atoms with Crippen LogP contribution in [0.5, 0.6) is 0 Å². The van der Waals surface area contributed by atoms with Gasteiger partial charge in [-0.15, -0.1) is 11.3 Å². The maximum absolute atomic E-state index is 11.5. The van der Waals surface area contributed by atoms with Gasteiger partial charge in [-0.05, 0) is 5.92 Å². The molecule has 0 aromatic carbocycles. The first-order valence-corrected chi connectivity index (χ1v) is 6.88. The van der Waals surface area contributed by atoms with Crippen LogP contribution in [-0.2, 0) is 16.6 Å². The Morgan fingerprint density at radius 1 is 1.67 bits per heavy atom. The van der Waals surface area contributed by atoms with Gasteiger partial charge in [-0.1, -0.05) is 13.8 Å². The highest BCUT2D eigenvalue weighted by atomic mass is 32.2. The lowest BCUT2D eigenvalue weighted by Gasteiger charge is -2.02. The summed E-state index contributed by atoms with van der Waals surface area (Å²) in [4.78, 5) is 14.4. The molecule has 1 heterocycles. The summed E-state index contributed by atoms with van der Waals surface area (Å²) in [5, 5.41) is 10.4. The van der Waals surface area contributed by atoms with E-state index in [-0.39, 0.29) is 5.01 Å². The maximum atomic E-state index is 11.5. The summed E-state index contributed by atoms with van der Waals surface area (Å²) in [5.41, 5.74) is 0.608. The Kier molecular flexibility index (Phi) is 4.41. The molecule has 0 aliphatic rings. The third kappa shape index (κ3) is 4.09. The number of hydrogen-bond acceptors (Lipinski definition) is 4. The van der Waals surface area contributed by atoms with Crippen molar-refractivity contribution in [2.45, 2.75) is 19.6 Å². The average molecular weight is 247 g/mol. The summed E-state index contributed by atoms with van der Waals surface area (Å²) in [6.07, 6.45) is 0. The monoisotopic (exact) mass is 247 g/mol. The van der Waals surface area contributed by atoms with E-state index in [9.17, 15) is 9.00 Å². The van der Waals surface area contributed by atoms with Crippen LogP contribution in [0.15, 0.2) is 5.38 Å². The van der Waals surface area contributed by atoms with Crippen molar-refractivity contribution >= 4 is 28.1 Å². The van der Waals surface area contributed by atoms with Crippen LogP contribution in [0.4, 0.5) is 0 Å². The number of aromatic carboxylic acids is 1. The first kappa shape index (κ1) is 12.3. The zero-order valence-corrected chi connectivity index (χ0v) is 10.2. The number of nitrogens with zero attached hydrogens (tertiary/aromatic N) is 1. The average Bonchev–Trinajstić information content (AvgIpc) is 2.50. The summed E-state index contributed by atoms with van der Waals surface area (Å²) < 4.78 is 11.5. The normalized spacial score (nSPS) is 13.0. The van der Waals surface area contributed by atoms with Gasteiger partial charge in [0.05, 0.1) is 11.4 Å². The summed E-state index contributed by atoms with van der Waals surface area (Å²) in [6.45, 7) is 4.00. The van der Waals surface area contributed by atoms with Gasteiger partial charge >= 0.3 is 5.97 Å². The molecule has 0 aliphatic carbocycles. The Hall–Kier alpha value is -0.750. The smallest absolute Gasteiger partial charge is 0.365 e. The number of thiazole rings is 1. The summed E-state index contributed by atoms with van der Waals surface area (Å²) in [7, 11) is -0.950. The SMILES string of the molecule is CC(C)CS(=O)Cc1csc(C(=O)O)n1. The molecule has 0 aliphatic heterocycles. The van der Waals surface area contributed by atoms with Crippen LogP contribution in [0.2, 0.25) is 0 Å². The van der Waals surface area contributed by atoms with Gasteiger partial charge in [-0.3, -0.25) is 4.21 Å². The quantitative estimate of drug-likeness (QED) is 0.860. The standard InChI is InChI=1S/C9H13NO3S2/c1-6(2)4-15(13)5-7-3-14-8(10-7)9(11)12/h3,6H,4-5H2,1-2H3,(H,11,12). The molecule has 6 heteroatoms. The molecule has 1 N–H and O–H groups in total. The second-order valence-corrected chi connectivity index (χ2v) is 5.95. The minimum absolute atomic E-state index is 0.0616. The van der Waals surface area contributed by atoms with Crippen molar-refractivity contribution < 1.29 is 14.1 Å². The zero-order chi connectivity index (χ0) is 11.4. The molecule has 0 bridgehead atoms. The fraction of sp³-hybridized carbons (Fsp3) is 0.556. The third-order valence-electron chi connectivity index (χ3n) is 1.56. The van der Waals surface area contributed by atoms with Crippen LogP contribution in [-0.4, -0.2) is 26.0 Å². The van der Waals surface area contributed by atoms with Gasteiger partial charge in [0.25, 0.3) is 0 Å². The number of rotatable bonds is 5. The summed E-state index contributed by atoms with van der Waals surface area (Å²) in [5.74, 6) is 0.325. The van der Waals surface area contributed by atoms with Crippen LogP contribution in [0.3, 0.4) is 0 Å². The number of carbonyl (C=O) groups is 1. The van der Waals surface area contributed by atoms with Crippen molar-refractivity contribution in [3.63, 3.8) is 0 Å². The van der Waals surface area contributed by atoms with Gasteiger partial charge < -0.3 is 5.11 Å². The molecule has 1 unspecified atom stereocenters. The highest BCUT2D eigenvalue weighted by molar-refractivity contribution is 7.84. The van der Waals surface area contributed by atoms with E-state index in [1.807, 2.05) is 13.8 Å². The second-order valence-electron chi connectivity index (χ2n) is 3.59. The minimum atomic E-state index is -1.03. The Morgan fingerprint density at radius 2 is 2.33 bits per heavy atom. The molecule has 0 fully saturated rings. The van der Waals surface area contributed by atoms with Crippen LogP contribution in [0, 0.1) is 5.92 Å². The minimum Gasteiger partial charge on any atom is -0.476 e. The van der Waals surface area contributed by atoms with E-state index in [0.29, 0.717) is 23.1 Å². The molecule has 1 rings (SSSR count).